The third kappa shape index (κ3) is 2.20. The zero-order valence-corrected chi connectivity index (χ0v) is 10.6. The van der Waals surface area contributed by atoms with Gasteiger partial charge in [-0.3, -0.25) is 20.2 Å². The van der Waals surface area contributed by atoms with E-state index in [2.05, 4.69) is 5.43 Å². The topological polar surface area (TPSA) is 60.1 Å². The largest absolute Gasteiger partial charge is 0.294 e. The van der Waals surface area contributed by atoms with Gasteiger partial charge in [0, 0.05) is 23.0 Å². The number of nitrogens with zero attached hydrogens (tertiary/aromatic N) is 2. The fourth-order valence-electron chi connectivity index (χ4n) is 1.90. The number of rotatable bonds is 3. The van der Waals surface area contributed by atoms with Crippen molar-refractivity contribution >= 4 is 11.4 Å². The van der Waals surface area contributed by atoms with Crippen molar-refractivity contribution in [1.82, 2.24) is 4.68 Å². The monoisotopic (exact) mass is 245 g/mol. The maximum Gasteiger partial charge on any atom is 0.272 e. The van der Waals surface area contributed by atoms with Crippen LogP contribution in [0.3, 0.4) is 0 Å². The van der Waals surface area contributed by atoms with E-state index in [1.807, 2.05) is 30.7 Å². The molecule has 0 aliphatic rings. The van der Waals surface area contributed by atoms with E-state index in [1.165, 1.54) is 6.07 Å². The van der Waals surface area contributed by atoms with Crippen LogP contribution in [0.15, 0.2) is 30.3 Å². The van der Waals surface area contributed by atoms with Gasteiger partial charge in [-0.05, 0) is 45.0 Å². The van der Waals surface area contributed by atoms with Crippen LogP contribution < -0.4 is 5.43 Å². The number of hydrogen-bond donors (Lipinski definition) is 1. The highest BCUT2D eigenvalue weighted by Gasteiger charge is 2.10. The first kappa shape index (κ1) is 12.2. The molecule has 5 heteroatoms. The van der Waals surface area contributed by atoms with E-state index in [0.29, 0.717) is 5.56 Å². The van der Waals surface area contributed by atoms with Gasteiger partial charge in [-0.1, -0.05) is 0 Å². The van der Waals surface area contributed by atoms with Crippen molar-refractivity contribution in [2.45, 2.75) is 20.8 Å². The summed E-state index contributed by atoms with van der Waals surface area (Å²) in [5.41, 5.74) is 7.01. The fourth-order valence-corrected chi connectivity index (χ4v) is 1.90. The minimum Gasteiger partial charge on any atom is -0.294 e. The Labute approximate surface area is 105 Å². The lowest BCUT2D eigenvalue weighted by molar-refractivity contribution is -0.385. The summed E-state index contributed by atoms with van der Waals surface area (Å²) in [6.45, 7) is 5.73. The predicted octanol–water partition coefficient (Wildman–Crippen LogP) is 3.20. The summed E-state index contributed by atoms with van der Waals surface area (Å²) in [5.74, 6) is 0. The third-order valence-corrected chi connectivity index (χ3v) is 2.91. The highest BCUT2D eigenvalue weighted by atomic mass is 16.6. The summed E-state index contributed by atoms with van der Waals surface area (Å²) in [5, 5.41) is 10.7. The molecule has 2 aromatic rings. The molecule has 0 unspecified atom stereocenters. The third-order valence-electron chi connectivity index (χ3n) is 2.91. The molecule has 94 valence electrons. The van der Waals surface area contributed by atoms with Gasteiger partial charge < -0.3 is 0 Å². The van der Waals surface area contributed by atoms with Crippen LogP contribution in [0.4, 0.5) is 11.4 Å². The van der Waals surface area contributed by atoms with Crippen LogP contribution in [0.5, 0.6) is 0 Å². The lowest BCUT2D eigenvalue weighted by Gasteiger charge is -2.13. The van der Waals surface area contributed by atoms with E-state index < -0.39 is 0 Å². The Hall–Kier alpha value is -2.30. The maximum absolute atomic E-state index is 10.7. The van der Waals surface area contributed by atoms with Gasteiger partial charge in [-0.2, -0.15) is 0 Å². The minimum absolute atomic E-state index is 0.140. The average Bonchev–Trinajstić information content (AvgIpc) is 2.60. The van der Waals surface area contributed by atoms with Crippen LogP contribution >= 0.6 is 0 Å². The summed E-state index contributed by atoms with van der Waals surface area (Å²) < 4.78 is 1.95. The molecule has 5 nitrogen and oxygen atoms in total. The first-order valence-electron chi connectivity index (χ1n) is 5.66. The maximum atomic E-state index is 10.7. The zero-order chi connectivity index (χ0) is 13.3. The number of anilines is 1. The van der Waals surface area contributed by atoms with Crippen LogP contribution in [-0.2, 0) is 0 Å². The molecule has 0 radical (unpaired) electrons. The number of nitrogens with one attached hydrogen (secondary N) is 1. The lowest BCUT2D eigenvalue weighted by Crippen LogP contribution is -2.12. The Balaban J connectivity index is 2.31. The molecular weight excluding hydrogens is 230 g/mol. The molecule has 1 aromatic carbocycles. The van der Waals surface area contributed by atoms with Crippen LogP contribution in [0.2, 0.25) is 0 Å². The van der Waals surface area contributed by atoms with Gasteiger partial charge >= 0.3 is 0 Å². The summed E-state index contributed by atoms with van der Waals surface area (Å²) in [4.78, 5) is 10.4. The van der Waals surface area contributed by atoms with Gasteiger partial charge in [0.1, 0.15) is 0 Å². The van der Waals surface area contributed by atoms with E-state index in [-0.39, 0.29) is 10.6 Å². The highest BCUT2D eigenvalue weighted by Crippen LogP contribution is 2.22. The summed E-state index contributed by atoms with van der Waals surface area (Å²) in [6.07, 6.45) is 0. The number of hydrogen-bond acceptors (Lipinski definition) is 3. The second-order valence-corrected chi connectivity index (χ2v) is 4.32. The van der Waals surface area contributed by atoms with Gasteiger partial charge in [0.05, 0.1) is 10.6 Å². The van der Waals surface area contributed by atoms with Crippen molar-refractivity contribution in [3.8, 4) is 0 Å². The highest BCUT2D eigenvalue weighted by molar-refractivity contribution is 5.53. The molecule has 0 saturated carbocycles. The van der Waals surface area contributed by atoms with Gasteiger partial charge in [-0.25, -0.2) is 0 Å². The van der Waals surface area contributed by atoms with Crippen molar-refractivity contribution in [2.24, 2.45) is 0 Å². The van der Waals surface area contributed by atoms with E-state index >= 15 is 0 Å². The summed E-state index contributed by atoms with van der Waals surface area (Å²) in [7, 11) is 0. The first-order chi connectivity index (χ1) is 8.49. The summed E-state index contributed by atoms with van der Waals surface area (Å²) in [6, 6.07) is 9.04. The molecule has 0 atom stereocenters. The zero-order valence-electron chi connectivity index (χ0n) is 10.6. The number of nitro groups is 1. The second kappa shape index (κ2) is 4.52. The minimum atomic E-state index is -0.370. The van der Waals surface area contributed by atoms with Crippen LogP contribution in [0.25, 0.3) is 0 Å². The molecule has 0 amide bonds. The number of aryl methyl sites for hydroxylation is 3. The standard InChI is InChI=1S/C13H15N3O2/c1-9-8-12(6-7-13(9)16(17)18)14-15-10(2)4-5-11(15)3/h4-8,14H,1-3H3. The predicted molar refractivity (Wildman–Crippen MR) is 70.8 cm³/mol. The van der Waals surface area contributed by atoms with Crippen LogP contribution in [0.1, 0.15) is 17.0 Å². The van der Waals surface area contributed by atoms with Crippen molar-refractivity contribution in [2.75, 3.05) is 5.43 Å². The van der Waals surface area contributed by atoms with Crippen molar-refractivity contribution in [3.63, 3.8) is 0 Å². The van der Waals surface area contributed by atoms with Crippen molar-refractivity contribution in [1.29, 1.82) is 0 Å². The Kier molecular flexibility index (Phi) is 3.06. The Bertz CT molecular complexity index is 583. The molecule has 0 fully saturated rings. The normalized spacial score (nSPS) is 10.4. The molecule has 1 N–H and O–H groups in total. The van der Waals surface area contributed by atoms with Gasteiger partial charge in [-0.15, -0.1) is 0 Å². The number of nitro benzene ring substituents is 1. The van der Waals surface area contributed by atoms with Crippen LogP contribution in [0, 0.1) is 30.9 Å². The van der Waals surface area contributed by atoms with Crippen LogP contribution in [-0.4, -0.2) is 9.60 Å². The molecule has 0 bridgehead atoms. The molecule has 2 rings (SSSR count). The Morgan fingerprint density at radius 2 is 1.72 bits per heavy atom. The van der Waals surface area contributed by atoms with Gasteiger partial charge in [0.15, 0.2) is 0 Å². The molecule has 18 heavy (non-hydrogen) atoms. The molecule has 1 heterocycles. The van der Waals surface area contributed by atoms with Crippen molar-refractivity contribution in [3.05, 3.63) is 57.4 Å². The quantitative estimate of drug-likeness (QED) is 0.667. The Morgan fingerprint density at radius 3 is 2.22 bits per heavy atom. The smallest absolute Gasteiger partial charge is 0.272 e. The van der Waals surface area contributed by atoms with E-state index in [9.17, 15) is 10.1 Å². The number of benzene rings is 1. The van der Waals surface area contributed by atoms with Crippen molar-refractivity contribution < 1.29 is 4.92 Å². The van der Waals surface area contributed by atoms with E-state index in [1.54, 1.807) is 19.1 Å². The lowest BCUT2D eigenvalue weighted by atomic mass is 10.2. The van der Waals surface area contributed by atoms with Gasteiger partial charge in [0.2, 0.25) is 0 Å². The first-order valence-corrected chi connectivity index (χ1v) is 5.66. The van der Waals surface area contributed by atoms with Gasteiger partial charge in [0.25, 0.3) is 5.69 Å². The molecule has 0 saturated heterocycles. The molecule has 0 aliphatic heterocycles. The fraction of sp³-hybridized carbons (Fsp3) is 0.231. The van der Waals surface area contributed by atoms with E-state index in [4.69, 9.17) is 0 Å². The summed E-state index contributed by atoms with van der Waals surface area (Å²) >= 11 is 0. The average molecular weight is 245 g/mol. The number of aromatic nitrogens is 1. The molecule has 0 spiro atoms. The van der Waals surface area contributed by atoms with E-state index in [0.717, 1.165) is 17.1 Å². The second-order valence-electron chi connectivity index (χ2n) is 4.32. The Morgan fingerprint density at radius 1 is 1.11 bits per heavy atom. The molecule has 1 aromatic heterocycles. The molecular formula is C13H15N3O2. The SMILES string of the molecule is Cc1cc(Nn2c(C)ccc2C)ccc1[N+](=O)[O-]. The molecule has 0 aliphatic carbocycles.